The van der Waals surface area contributed by atoms with Crippen molar-refractivity contribution in [3.8, 4) is 11.5 Å². The van der Waals surface area contributed by atoms with Gasteiger partial charge in [-0.15, -0.1) is 0 Å². The van der Waals surface area contributed by atoms with Crippen molar-refractivity contribution in [1.82, 2.24) is 4.98 Å². The van der Waals surface area contributed by atoms with Crippen molar-refractivity contribution >= 4 is 5.82 Å². The maximum Gasteiger partial charge on any atom is 0.166 e. The average molecular weight is 222 g/mol. The predicted octanol–water partition coefficient (Wildman–Crippen LogP) is 2.38. The van der Waals surface area contributed by atoms with Gasteiger partial charge >= 0.3 is 0 Å². The molecule has 16 heavy (non-hydrogen) atoms. The van der Waals surface area contributed by atoms with Gasteiger partial charge in [-0.1, -0.05) is 0 Å². The molecule has 1 aliphatic rings. The van der Waals surface area contributed by atoms with Crippen LogP contribution in [0.3, 0.4) is 0 Å². The van der Waals surface area contributed by atoms with Gasteiger partial charge in [0.25, 0.3) is 0 Å². The van der Waals surface area contributed by atoms with Gasteiger partial charge in [-0.3, -0.25) is 0 Å². The zero-order valence-corrected chi connectivity index (χ0v) is 9.99. The van der Waals surface area contributed by atoms with Crippen molar-refractivity contribution < 1.29 is 9.47 Å². The van der Waals surface area contributed by atoms with E-state index in [4.69, 9.17) is 15.2 Å². The Morgan fingerprint density at radius 2 is 2.06 bits per heavy atom. The highest BCUT2D eigenvalue weighted by Gasteiger charge is 2.24. The van der Waals surface area contributed by atoms with Crippen LogP contribution in [-0.4, -0.2) is 16.7 Å². The molecule has 0 bridgehead atoms. The minimum atomic E-state index is -0.284. The molecule has 0 aliphatic heterocycles. The molecule has 4 heteroatoms. The number of aromatic nitrogens is 1. The molecule has 0 spiro atoms. The molecule has 1 heterocycles. The van der Waals surface area contributed by atoms with Gasteiger partial charge < -0.3 is 15.2 Å². The van der Waals surface area contributed by atoms with Crippen LogP contribution in [0, 0.1) is 0 Å². The average Bonchev–Trinajstić information content (AvgIpc) is 2.92. The van der Waals surface area contributed by atoms with Crippen LogP contribution >= 0.6 is 0 Å². The van der Waals surface area contributed by atoms with Crippen LogP contribution in [0.4, 0.5) is 5.82 Å². The zero-order chi connectivity index (χ0) is 11.8. The van der Waals surface area contributed by atoms with Crippen LogP contribution in [0.15, 0.2) is 12.3 Å². The number of rotatable bonds is 3. The first-order valence-corrected chi connectivity index (χ1v) is 5.55. The highest BCUT2D eigenvalue weighted by Crippen LogP contribution is 2.31. The Morgan fingerprint density at radius 1 is 1.38 bits per heavy atom. The predicted molar refractivity (Wildman–Crippen MR) is 62.7 cm³/mol. The van der Waals surface area contributed by atoms with Crippen molar-refractivity contribution in [2.24, 2.45) is 0 Å². The van der Waals surface area contributed by atoms with Gasteiger partial charge in [0.2, 0.25) is 0 Å². The third kappa shape index (κ3) is 3.02. The lowest BCUT2D eigenvalue weighted by Crippen LogP contribution is -2.23. The molecular weight excluding hydrogens is 204 g/mol. The van der Waals surface area contributed by atoms with E-state index in [2.05, 4.69) is 4.98 Å². The highest BCUT2D eigenvalue weighted by atomic mass is 16.5. The molecular formula is C12H18N2O2. The monoisotopic (exact) mass is 222 g/mol. The molecule has 2 N–H and O–H groups in total. The van der Waals surface area contributed by atoms with Crippen LogP contribution in [0.2, 0.25) is 0 Å². The Hall–Kier alpha value is -1.45. The summed E-state index contributed by atoms with van der Waals surface area (Å²) in [5.74, 6) is 1.72. The minimum Gasteiger partial charge on any atom is -0.489 e. The molecule has 0 atom stereocenters. The van der Waals surface area contributed by atoms with E-state index in [-0.39, 0.29) is 5.60 Å². The van der Waals surface area contributed by atoms with E-state index in [1.54, 1.807) is 6.20 Å². The second-order valence-corrected chi connectivity index (χ2v) is 5.09. The number of hydrogen-bond donors (Lipinski definition) is 1. The Labute approximate surface area is 95.8 Å². The third-order valence-electron chi connectivity index (χ3n) is 2.10. The second kappa shape index (κ2) is 3.85. The van der Waals surface area contributed by atoms with E-state index in [1.807, 2.05) is 26.8 Å². The summed E-state index contributed by atoms with van der Waals surface area (Å²) in [6.07, 6.45) is 4.25. The number of pyridine rings is 1. The zero-order valence-electron chi connectivity index (χ0n) is 9.99. The van der Waals surface area contributed by atoms with Gasteiger partial charge in [0.05, 0.1) is 12.3 Å². The summed E-state index contributed by atoms with van der Waals surface area (Å²) in [6.45, 7) is 5.92. The first-order valence-electron chi connectivity index (χ1n) is 5.55. The van der Waals surface area contributed by atoms with Crippen LogP contribution in [0.25, 0.3) is 0 Å². The van der Waals surface area contributed by atoms with E-state index in [1.165, 1.54) is 0 Å². The summed E-state index contributed by atoms with van der Waals surface area (Å²) in [5.41, 5.74) is 5.47. The van der Waals surface area contributed by atoms with Crippen molar-refractivity contribution in [1.29, 1.82) is 0 Å². The normalized spacial score (nSPS) is 15.9. The van der Waals surface area contributed by atoms with Gasteiger partial charge in [0.1, 0.15) is 11.4 Å². The van der Waals surface area contributed by atoms with Crippen molar-refractivity contribution in [2.75, 3.05) is 5.73 Å². The first kappa shape index (κ1) is 11.0. The molecule has 4 nitrogen and oxygen atoms in total. The van der Waals surface area contributed by atoms with E-state index in [9.17, 15) is 0 Å². The molecule has 0 aromatic carbocycles. The largest absolute Gasteiger partial charge is 0.489 e. The minimum absolute atomic E-state index is 0.284. The van der Waals surface area contributed by atoms with Gasteiger partial charge in [-0.2, -0.15) is 0 Å². The lowest BCUT2D eigenvalue weighted by molar-refractivity contribution is 0.131. The standard InChI is InChI=1S/C12H18N2O2/c1-12(2,3)16-10-6-9(7-14-11(10)13)15-8-4-5-8/h6-8H,4-5H2,1-3H3,(H2,13,14). The van der Waals surface area contributed by atoms with Crippen molar-refractivity contribution in [3.05, 3.63) is 12.3 Å². The molecule has 0 saturated heterocycles. The summed E-state index contributed by atoms with van der Waals surface area (Å²) in [5, 5.41) is 0. The molecule has 1 saturated carbocycles. The lowest BCUT2D eigenvalue weighted by Gasteiger charge is -2.22. The Balaban J connectivity index is 2.14. The van der Waals surface area contributed by atoms with E-state index < -0.39 is 0 Å². The van der Waals surface area contributed by atoms with E-state index >= 15 is 0 Å². The van der Waals surface area contributed by atoms with Crippen molar-refractivity contribution in [2.45, 2.75) is 45.3 Å². The maximum atomic E-state index is 5.75. The molecule has 1 aliphatic carbocycles. The Bertz CT molecular complexity index is 381. The molecule has 0 radical (unpaired) electrons. The summed E-state index contributed by atoms with van der Waals surface area (Å²) in [4.78, 5) is 4.07. The van der Waals surface area contributed by atoms with Crippen LogP contribution < -0.4 is 15.2 Å². The number of nitrogen functional groups attached to an aromatic ring is 1. The van der Waals surface area contributed by atoms with Crippen LogP contribution in [0.1, 0.15) is 33.6 Å². The van der Waals surface area contributed by atoms with Gasteiger partial charge in [-0.25, -0.2) is 4.98 Å². The second-order valence-electron chi connectivity index (χ2n) is 5.09. The third-order valence-corrected chi connectivity index (χ3v) is 2.10. The van der Waals surface area contributed by atoms with Crippen LogP contribution in [0.5, 0.6) is 11.5 Å². The van der Waals surface area contributed by atoms with Gasteiger partial charge in [0.15, 0.2) is 11.6 Å². The molecule has 1 fully saturated rings. The van der Waals surface area contributed by atoms with Gasteiger partial charge in [-0.05, 0) is 33.6 Å². The summed E-state index contributed by atoms with van der Waals surface area (Å²) in [6, 6.07) is 1.81. The molecule has 0 amide bonds. The summed E-state index contributed by atoms with van der Waals surface area (Å²) in [7, 11) is 0. The summed E-state index contributed by atoms with van der Waals surface area (Å²) >= 11 is 0. The molecule has 1 aromatic rings. The molecule has 1 aromatic heterocycles. The van der Waals surface area contributed by atoms with Crippen LogP contribution in [-0.2, 0) is 0 Å². The SMILES string of the molecule is CC(C)(C)Oc1cc(OC2CC2)cnc1N. The molecule has 88 valence electrons. The Morgan fingerprint density at radius 3 is 2.62 bits per heavy atom. The fourth-order valence-corrected chi connectivity index (χ4v) is 1.29. The number of nitrogens with two attached hydrogens (primary N) is 1. The fourth-order valence-electron chi connectivity index (χ4n) is 1.29. The van der Waals surface area contributed by atoms with E-state index in [0.29, 0.717) is 17.7 Å². The molecule has 0 unspecified atom stereocenters. The van der Waals surface area contributed by atoms with Gasteiger partial charge in [0, 0.05) is 6.07 Å². The maximum absolute atomic E-state index is 5.75. The number of anilines is 1. The fraction of sp³-hybridized carbons (Fsp3) is 0.583. The quantitative estimate of drug-likeness (QED) is 0.853. The first-order chi connectivity index (χ1) is 7.44. The number of hydrogen-bond acceptors (Lipinski definition) is 4. The number of nitrogens with zero attached hydrogens (tertiary/aromatic N) is 1. The number of ether oxygens (including phenoxy) is 2. The van der Waals surface area contributed by atoms with E-state index in [0.717, 1.165) is 18.6 Å². The topological polar surface area (TPSA) is 57.4 Å². The molecule has 2 rings (SSSR count). The Kier molecular flexibility index (Phi) is 2.66. The smallest absolute Gasteiger partial charge is 0.166 e. The highest BCUT2D eigenvalue weighted by molar-refractivity contribution is 5.49. The lowest BCUT2D eigenvalue weighted by atomic mass is 10.2. The summed E-state index contributed by atoms with van der Waals surface area (Å²) < 4.78 is 11.3. The van der Waals surface area contributed by atoms with Crippen molar-refractivity contribution in [3.63, 3.8) is 0 Å².